The normalized spacial score (nSPS) is 21.1. The monoisotopic (exact) mass is 563 g/mol. The van der Waals surface area contributed by atoms with E-state index in [0.717, 1.165) is 0 Å². The molecule has 9 nitrogen and oxygen atoms in total. The van der Waals surface area contributed by atoms with E-state index in [1.54, 1.807) is 36.4 Å². The second-order valence-corrected chi connectivity index (χ2v) is 11.8. The Morgan fingerprint density at radius 2 is 1.85 bits per heavy atom. The Morgan fingerprint density at radius 3 is 2.56 bits per heavy atom. The number of nitrogens with one attached hydrogen (secondary N) is 1. The van der Waals surface area contributed by atoms with E-state index in [1.807, 2.05) is 0 Å². The zero-order chi connectivity index (χ0) is 27.4. The lowest BCUT2D eigenvalue weighted by Crippen LogP contribution is -2.37. The smallest absolute Gasteiger partial charge is 0.395 e. The van der Waals surface area contributed by atoms with Gasteiger partial charge in [0.25, 0.3) is 0 Å². The molecule has 2 aromatic carbocycles. The SMILES string of the molecule is O=C(Nc1cccc(-c2ccc(S(=O)(=O)N3CCC[C@@H]3CO)cc2)n1)C1(c2ccc3c(c2)OC(F)(F)O3)CC1.[HH].[HH].[HH]. The Labute approximate surface area is 227 Å². The van der Waals surface area contributed by atoms with E-state index in [0.29, 0.717) is 54.9 Å². The zero-order valence-electron chi connectivity index (χ0n) is 20.6. The first-order valence-electron chi connectivity index (χ1n) is 12.5. The molecule has 0 spiro atoms. The van der Waals surface area contributed by atoms with Crippen LogP contribution in [0.15, 0.2) is 65.6 Å². The summed E-state index contributed by atoms with van der Waals surface area (Å²) in [5, 5.41) is 12.3. The van der Waals surface area contributed by atoms with Crippen LogP contribution in [0, 0.1) is 0 Å². The summed E-state index contributed by atoms with van der Waals surface area (Å²) in [6, 6.07) is 15.4. The molecule has 210 valence electrons. The number of anilines is 1. The molecule has 1 amide bonds. The maximum absolute atomic E-state index is 13.4. The summed E-state index contributed by atoms with van der Waals surface area (Å²) in [5.41, 5.74) is 0.852. The number of nitrogens with zero attached hydrogens (tertiary/aromatic N) is 2. The van der Waals surface area contributed by atoms with Crippen molar-refractivity contribution < 1.29 is 40.9 Å². The zero-order valence-corrected chi connectivity index (χ0v) is 21.5. The predicted octanol–water partition coefficient (Wildman–Crippen LogP) is 4.62. The van der Waals surface area contributed by atoms with Crippen LogP contribution < -0.4 is 14.8 Å². The lowest BCUT2D eigenvalue weighted by molar-refractivity contribution is -0.286. The van der Waals surface area contributed by atoms with Crippen LogP contribution in [0.2, 0.25) is 0 Å². The van der Waals surface area contributed by atoms with Gasteiger partial charge in [0.05, 0.1) is 22.6 Å². The molecule has 0 unspecified atom stereocenters. The van der Waals surface area contributed by atoms with Crippen molar-refractivity contribution in [1.82, 2.24) is 9.29 Å². The Morgan fingerprint density at radius 1 is 1.10 bits per heavy atom. The number of carbonyl (C=O) groups excluding carboxylic acids is 1. The lowest BCUT2D eigenvalue weighted by Gasteiger charge is -2.22. The second kappa shape index (κ2) is 9.25. The highest BCUT2D eigenvalue weighted by molar-refractivity contribution is 7.89. The molecular weight excluding hydrogens is 532 g/mol. The van der Waals surface area contributed by atoms with Crippen molar-refractivity contribution in [2.75, 3.05) is 18.5 Å². The summed E-state index contributed by atoms with van der Waals surface area (Å²) in [4.78, 5) is 17.9. The third-order valence-electron chi connectivity index (χ3n) is 7.42. The van der Waals surface area contributed by atoms with E-state index >= 15 is 0 Å². The summed E-state index contributed by atoms with van der Waals surface area (Å²) < 4.78 is 63.2. The minimum absolute atomic E-state index is 0. The van der Waals surface area contributed by atoms with Crippen LogP contribution in [0.25, 0.3) is 11.3 Å². The van der Waals surface area contributed by atoms with Gasteiger partial charge in [0.2, 0.25) is 15.9 Å². The first kappa shape index (κ1) is 25.7. The molecule has 1 aliphatic carbocycles. The number of rotatable bonds is 7. The maximum Gasteiger partial charge on any atom is 0.586 e. The molecular formula is C27H31F2N3O6S. The number of hydrogen-bond acceptors (Lipinski definition) is 7. The van der Waals surface area contributed by atoms with Crippen molar-refractivity contribution in [1.29, 1.82) is 0 Å². The van der Waals surface area contributed by atoms with Crippen molar-refractivity contribution in [2.24, 2.45) is 0 Å². The summed E-state index contributed by atoms with van der Waals surface area (Å²) >= 11 is 0. The number of sulfonamides is 1. The molecule has 2 aliphatic heterocycles. The van der Waals surface area contributed by atoms with Crippen LogP contribution >= 0.6 is 0 Å². The predicted molar refractivity (Wildman–Crippen MR) is 142 cm³/mol. The number of fused-ring (bicyclic) bond motifs is 1. The van der Waals surface area contributed by atoms with Gasteiger partial charge in [-0.3, -0.25) is 4.79 Å². The number of ether oxygens (including phenoxy) is 2. The highest BCUT2D eigenvalue weighted by Gasteiger charge is 2.53. The number of carbonyl (C=O) groups is 1. The first-order chi connectivity index (χ1) is 18.6. The molecule has 2 fully saturated rings. The number of aromatic nitrogens is 1. The largest absolute Gasteiger partial charge is 0.586 e. The summed E-state index contributed by atoms with van der Waals surface area (Å²) in [6.07, 6.45) is -1.32. The standard InChI is InChI=1S/C27H25F2N3O6S.3H2/c28-27(29)37-22-11-8-18(15-23(22)38-27)26(12-13-26)25(34)31-24-5-1-4-21(30-24)17-6-9-20(10-7-17)39(35,36)32-14-2-3-19(32)16-33;;;/h1,4-11,15,19,33H,2-3,12-14,16H2,(H,30,31,34);3*1H/t19-;;;/m1.../s1. The number of hydrogen-bond donors (Lipinski definition) is 2. The van der Waals surface area contributed by atoms with Gasteiger partial charge in [-0.2, -0.15) is 4.31 Å². The highest BCUT2D eigenvalue weighted by Crippen LogP contribution is 2.52. The number of alkyl halides is 2. The minimum Gasteiger partial charge on any atom is -0.395 e. The fraction of sp³-hybridized carbons (Fsp3) is 0.333. The number of pyridine rings is 1. The van der Waals surface area contributed by atoms with Crippen molar-refractivity contribution in [3.8, 4) is 22.8 Å². The van der Waals surface area contributed by atoms with Gasteiger partial charge in [-0.05, 0) is 67.6 Å². The first-order valence-corrected chi connectivity index (χ1v) is 14.0. The quantitative estimate of drug-likeness (QED) is 0.431. The van der Waals surface area contributed by atoms with Gasteiger partial charge in [0, 0.05) is 22.4 Å². The van der Waals surface area contributed by atoms with Gasteiger partial charge in [-0.1, -0.05) is 24.3 Å². The molecule has 0 bridgehead atoms. The average molecular weight is 564 g/mol. The van der Waals surface area contributed by atoms with Gasteiger partial charge in [0.1, 0.15) is 5.82 Å². The molecule has 1 atom stereocenters. The summed E-state index contributed by atoms with van der Waals surface area (Å²) in [7, 11) is -3.73. The van der Waals surface area contributed by atoms with Gasteiger partial charge in [0.15, 0.2) is 11.5 Å². The van der Waals surface area contributed by atoms with Crippen molar-refractivity contribution in [3.05, 3.63) is 66.2 Å². The van der Waals surface area contributed by atoms with Gasteiger partial charge < -0.3 is 19.9 Å². The van der Waals surface area contributed by atoms with Crippen LogP contribution in [-0.4, -0.2) is 54.2 Å². The van der Waals surface area contributed by atoms with E-state index in [4.69, 9.17) is 0 Å². The van der Waals surface area contributed by atoms with Gasteiger partial charge in [-0.25, -0.2) is 13.4 Å². The molecule has 39 heavy (non-hydrogen) atoms. The summed E-state index contributed by atoms with van der Waals surface area (Å²) in [5.74, 6) is -0.209. The van der Waals surface area contributed by atoms with Crippen molar-refractivity contribution >= 4 is 21.7 Å². The fourth-order valence-electron chi connectivity index (χ4n) is 5.16. The van der Waals surface area contributed by atoms with Crippen LogP contribution in [-0.2, 0) is 20.2 Å². The Hall–Kier alpha value is -3.61. The Balaban J connectivity index is 0.00000161. The van der Waals surface area contributed by atoms with Gasteiger partial charge in [-0.15, -0.1) is 8.78 Å². The number of halogens is 2. The van der Waals surface area contributed by atoms with Gasteiger partial charge >= 0.3 is 6.29 Å². The molecule has 3 aliphatic rings. The fourth-order valence-corrected chi connectivity index (χ4v) is 6.85. The second-order valence-electron chi connectivity index (χ2n) is 9.89. The van der Waals surface area contributed by atoms with Crippen LogP contribution in [0.4, 0.5) is 14.6 Å². The number of amides is 1. The van der Waals surface area contributed by atoms with E-state index in [2.05, 4.69) is 19.8 Å². The number of aliphatic hydroxyl groups excluding tert-OH is 1. The Bertz CT molecular complexity index is 1560. The topological polar surface area (TPSA) is 118 Å². The number of aliphatic hydroxyl groups is 1. The lowest BCUT2D eigenvalue weighted by atomic mass is 9.94. The van der Waals surface area contributed by atoms with Crippen LogP contribution in [0.3, 0.4) is 0 Å². The number of benzene rings is 2. The van der Waals surface area contributed by atoms with Crippen molar-refractivity contribution in [2.45, 2.75) is 48.3 Å². The average Bonchev–Trinajstić information content (AvgIpc) is 3.47. The van der Waals surface area contributed by atoms with E-state index in [9.17, 15) is 27.1 Å². The van der Waals surface area contributed by atoms with Crippen molar-refractivity contribution in [3.63, 3.8) is 0 Å². The molecule has 6 rings (SSSR count). The molecule has 3 aromatic rings. The van der Waals surface area contributed by atoms with Crippen LogP contribution in [0.1, 0.15) is 35.5 Å². The minimum atomic E-state index is -3.73. The maximum atomic E-state index is 13.4. The third kappa shape index (κ3) is 4.62. The molecule has 0 radical (unpaired) electrons. The molecule has 2 N–H and O–H groups in total. The van der Waals surface area contributed by atoms with Crippen LogP contribution in [0.5, 0.6) is 11.5 Å². The third-order valence-corrected chi connectivity index (χ3v) is 9.39. The van der Waals surface area contributed by atoms with E-state index in [-0.39, 0.29) is 33.2 Å². The molecule has 12 heteroatoms. The highest BCUT2D eigenvalue weighted by atomic mass is 32.2. The molecule has 3 heterocycles. The van der Waals surface area contributed by atoms with E-state index < -0.39 is 27.8 Å². The Kier molecular flexibility index (Phi) is 6.08. The molecule has 1 saturated heterocycles. The molecule has 1 saturated carbocycles. The summed E-state index contributed by atoms with van der Waals surface area (Å²) in [6.45, 7) is 0.157. The molecule has 1 aromatic heterocycles. The van der Waals surface area contributed by atoms with E-state index in [1.165, 1.54) is 28.6 Å².